The molecule has 0 N–H and O–H groups in total. The van der Waals surface area contributed by atoms with Crippen LogP contribution in [0, 0.1) is 11.3 Å². The van der Waals surface area contributed by atoms with Gasteiger partial charge in [0, 0.05) is 11.5 Å². The molecular weight excluding hydrogens is 376 g/mol. The van der Waals surface area contributed by atoms with Crippen LogP contribution in [-0.2, 0) is 10.0 Å². The maximum absolute atomic E-state index is 12.8. The molecule has 0 heterocycles. The molecule has 0 amide bonds. The first-order valence-electron chi connectivity index (χ1n) is 6.69. The van der Waals surface area contributed by atoms with E-state index in [-0.39, 0.29) is 4.90 Å². The van der Waals surface area contributed by atoms with Crippen molar-refractivity contribution in [2.24, 2.45) is 0 Å². The smallest absolute Gasteiger partial charge is 0.207 e. The Morgan fingerprint density at radius 2 is 1.95 bits per heavy atom. The second-order valence-electron chi connectivity index (χ2n) is 5.25. The number of benzene rings is 1. The fourth-order valence-electron chi connectivity index (χ4n) is 2.66. The average Bonchev–Trinajstić information content (AvgIpc) is 2.49. The SMILES string of the molecule is CN(C1(C#N)CCCCC1)S(=O)(=O)c1ccc(Cl)c(Br)c1. The third-order valence-corrected chi connectivity index (χ3v) is 7.18. The summed E-state index contributed by atoms with van der Waals surface area (Å²) in [6.45, 7) is 0. The van der Waals surface area contributed by atoms with E-state index in [1.807, 2.05) is 0 Å². The van der Waals surface area contributed by atoms with Gasteiger partial charge in [0.1, 0.15) is 5.54 Å². The lowest BCUT2D eigenvalue weighted by Gasteiger charge is -2.38. The molecule has 1 fully saturated rings. The number of nitrogens with zero attached hydrogens (tertiary/aromatic N) is 2. The molecule has 4 nitrogen and oxygen atoms in total. The van der Waals surface area contributed by atoms with Crippen LogP contribution in [-0.4, -0.2) is 25.3 Å². The fourth-order valence-corrected chi connectivity index (χ4v) is 4.81. The van der Waals surface area contributed by atoms with Gasteiger partial charge >= 0.3 is 0 Å². The first-order valence-corrected chi connectivity index (χ1v) is 9.30. The van der Waals surface area contributed by atoms with Crippen molar-refractivity contribution >= 4 is 37.6 Å². The highest BCUT2D eigenvalue weighted by atomic mass is 79.9. The first kappa shape index (κ1) is 16.8. The summed E-state index contributed by atoms with van der Waals surface area (Å²) in [7, 11) is -2.23. The molecule has 0 spiro atoms. The van der Waals surface area contributed by atoms with Gasteiger partial charge in [-0.3, -0.25) is 0 Å². The van der Waals surface area contributed by atoms with Crippen LogP contribution < -0.4 is 0 Å². The van der Waals surface area contributed by atoms with E-state index >= 15 is 0 Å². The van der Waals surface area contributed by atoms with Crippen LogP contribution in [0.1, 0.15) is 32.1 Å². The van der Waals surface area contributed by atoms with Crippen molar-refractivity contribution in [3.8, 4) is 6.07 Å². The summed E-state index contributed by atoms with van der Waals surface area (Å²) in [5, 5.41) is 9.98. The van der Waals surface area contributed by atoms with Crippen LogP contribution in [0.15, 0.2) is 27.6 Å². The van der Waals surface area contributed by atoms with Crippen molar-refractivity contribution < 1.29 is 8.42 Å². The largest absolute Gasteiger partial charge is 0.244 e. The molecule has 0 bridgehead atoms. The Kier molecular flexibility index (Phi) is 4.99. The molecule has 114 valence electrons. The third-order valence-electron chi connectivity index (χ3n) is 4.04. The van der Waals surface area contributed by atoms with Gasteiger partial charge in [0.2, 0.25) is 10.0 Å². The van der Waals surface area contributed by atoms with Crippen molar-refractivity contribution in [2.75, 3.05) is 7.05 Å². The molecule has 1 aromatic carbocycles. The minimum Gasteiger partial charge on any atom is -0.207 e. The normalized spacial score (nSPS) is 18.4. The minimum atomic E-state index is -3.73. The van der Waals surface area contributed by atoms with Gasteiger partial charge in [-0.05, 0) is 47.0 Å². The number of sulfonamides is 1. The van der Waals surface area contributed by atoms with Crippen LogP contribution in [0.5, 0.6) is 0 Å². The fraction of sp³-hybridized carbons (Fsp3) is 0.500. The van der Waals surface area contributed by atoms with Gasteiger partial charge in [-0.1, -0.05) is 30.9 Å². The lowest BCUT2D eigenvalue weighted by atomic mass is 9.83. The zero-order valence-electron chi connectivity index (χ0n) is 11.6. The molecule has 0 saturated heterocycles. The average molecular weight is 392 g/mol. The van der Waals surface area contributed by atoms with Crippen LogP contribution >= 0.6 is 27.5 Å². The molecule has 1 aromatic rings. The highest BCUT2D eigenvalue weighted by Gasteiger charge is 2.42. The molecule has 1 saturated carbocycles. The van der Waals surface area contributed by atoms with Gasteiger partial charge in [0.05, 0.1) is 16.0 Å². The highest BCUT2D eigenvalue weighted by molar-refractivity contribution is 9.10. The van der Waals surface area contributed by atoms with E-state index in [0.717, 1.165) is 19.3 Å². The molecule has 0 unspecified atom stereocenters. The number of hydrogen-bond acceptors (Lipinski definition) is 3. The molecular formula is C14H16BrClN2O2S. The monoisotopic (exact) mass is 390 g/mol. The predicted molar refractivity (Wildman–Crippen MR) is 85.5 cm³/mol. The third kappa shape index (κ3) is 3.11. The summed E-state index contributed by atoms with van der Waals surface area (Å²) in [4.78, 5) is 0.140. The van der Waals surface area contributed by atoms with Gasteiger partial charge < -0.3 is 0 Å². The van der Waals surface area contributed by atoms with Crippen molar-refractivity contribution in [1.82, 2.24) is 4.31 Å². The molecule has 21 heavy (non-hydrogen) atoms. The summed E-state index contributed by atoms with van der Waals surface area (Å²) in [6, 6.07) is 6.70. The molecule has 0 atom stereocenters. The maximum atomic E-state index is 12.8. The second kappa shape index (κ2) is 6.25. The van der Waals surface area contributed by atoms with Crippen molar-refractivity contribution in [2.45, 2.75) is 42.5 Å². The Bertz CT molecular complexity index is 679. The van der Waals surface area contributed by atoms with E-state index in [0.29, 0.717) is 22.3 Å². The summed E-state index contributed by atoms with van der Waals surface area (Å²) in [5.41, 5.74) is -0.941. The molecule has 0 aromatic heterocycles. The lowest BCUT2D eigenvalue weighted by molar-refractivity contribution is 0.212. The first-order chi connectivity index (χ1) is 9.83. The lowest BCUT2D eigenvalue weighted by Crippen LogP contribution is -2.49. The zero-order valence-corrected chi connectivity index (χ0v) is 14.8. The summed E-state index contributed by atoms with van der Waals surface area (Å²) in [5.74, 6) is 0. The Balaban J connectivity index is 2.42. The predicted octanol–water partition coefficient (Wildman–Crippen LogP) is 3.95. The Morgan fingerprint density at radius 3 is 2.48 bits per heavy atom. The van der Waals surface area contributed by atoms with E-state index in [4.69, 9.17) is 11.6 Å². The van der Waals surface area contributed by atoms with Gasteiger partial charge in [-0.25, -0.2) is 8.42 Å². The molecule has 1 aliphatic carbocycles. The van der Waals surface area contributed by atoms with Crippen molar-refractivity contribution in [3.63, 3.8) is 0 Å². The maximum Gasteiger partial charge on any atom is 0.244 e. The Hall–Kier alpha value is -0.610. The van der Waals surface area contributed by atoms with Crippen LogP contribution in [0.2, 0.25) is 5.02 Å². The molecule has 0 aliphatic heterocycles. The van der Waals surface area contributed by atoms with Crippen LogP contribution in [0.3, 0.4) is 0 Å². The number of hydrogen-bond donors (Lipinski definition) is 0. The van der Waals surface area contributed by atoms with Crippen LogP contribution in [0.25, 0.3) is 0 Å². The van der Waals surface area contributed by atoms with Gasteiger partial charge in [-0.2, -0.15) is 9.57 Å². The minimum absolute atomic E-state index is 0.140. The summed E-state index contributed by atoms with van der Waals surface area (Å²) < 4.78 is 27.3. The number of nitriles is 1. The van der Waals surface area contributed by atoms with E-state index in [2.05, 4.69) is 22.0 Å². The van der Waals surface area contributed by atoms with Crippen molar-refractivity contribution in [1.29, 1.82) is 5.26 Å². The number of halogens is 2. The molecule has 0 radical (unpaired) electrons. The zero-order chi connectivity index (χ0) is 15.7. The Labute approximate surface area is 138 Å². The van der Waals surface area contributed by atoms with Gasteiger partial charge in [0.15, 0.2) is 0 Å². The summed E-state index contributed by atoms with van der Waals surface area (Å²) in [6.07, 6.45) is 3.95. The molecule has 2 rings (SSSR count). The van der Waals surface area contributed by atoms with E-state index in [1.54, 1.807) is 0 Å². The quantitative estimate of drug-likeness (QED) is 0.784. The number of rotatable bonds is 3. The van der Waals surface area contributed by atoms with Gasteiger partial charge in [0.25, 0.3) is 0 Å². The van der Waals surface area contributed by atoms with E-state index < -0.39 is 15.6 Å². The molecule has 1 aliphatic rings. The van der Waals surface area contributed by atoms with Crippen molar-refractivity contribution in [3.05, 3.63) is 27.7 Å². The Morgan fingerprint density at radius 1 is 1.33 bits per heavy atom. The van der Waals surface area contributed by atoms with E-state index in [1.165, 1.54) is 29.6 Å². The van der Waals surface area contributed by atoms with Crippen LogP contribution in [0.4, 0.5) is 0 Å². The molecule has 7 heteroatoms. The second-order valence-corrected chi connectivity index (χ2v) is 8.48. The van der Waals surface area contributed by atoms with Gasteiger partial charge in [-0.15, -0.1) is 0 Å². The highest BCUT2D eigenvalue weighted by Crippen LogP contribution is 2.36. The summed E-state index contributed by atoms with van der Waals surface area (Å²) >= 11 is 9.14. The van der Waals surface area contributed by atoms with E-state index in [9.17, 15) is 13.7 Å². The standard InChI is InChI=1S/C14H16BrClN2O2S/c1-18(14(10-17)7-3-2-4-8-14)21(19,20)11-5-6-13(16)12(15)9-11/h5-6,9H,2-4,7-8H2,1H3. The topological polar surface area (TPSA) is 61.2 Å².